The summed E-state index contributed by atoms with van der Waals surface area (Å²) in [4.78, 5) is 4.48. The third-order valence-electron chi connectivity index (χ3n) is 3.90. The molecule has 8 heteroatoms. The van der Waals surface area contributed by atoms with E-state index >= 15 is 0 Å². The average molecular weight is 392 g/mol. The number of aryl methyl sites for hydroxylation is 1. The molecule has 0 aliphatic heterocycles. The second kappa shape index (κ2) is 7.67. The molecular formula is C18H21N3O3S2. The van der Waals surface area contributed by atoms with E-state index in [1.165, 1.54) is 16.9 Å². The minimum Gasteiger partial charge on any atom is -0.424 e. The lowest BCUT2D eigenvalue weighted by Crippen LogP contribution is -2.08. The second-order valence-electron chi connectivity index (χ2n) is 6.40. The van der Waals surface area contributed by atoms with Crippen molar-refractivity contribution in [2.24, 2.45) is 0 Å². The van der Waals surface area contributed by atoms with E-state index in [1.807, 2.05) is 19.1 Å². The summed E-state index contributed by atoms with van der Waals surface area (Å²) in [5.41, 5.74) is 2.79. The van der Waals surface area contributed by atoms with Crippen LogP contribution in [0.2, 0.25) is 0 Å². The highest BCUT2D eigenvalue weighted by Gasteiger charge is 2.19. The molecular weight excluding hydrogens is 370 g/mol. The van der Waals surface area contributed by atoms with Crippen molar-refractivity contribution in [2.75, 3.05) is 0 Å². The van der Waals surface area contributed by atoms with Crippen LogP contribution < -0.4 is 0 Å². The molecule has 0 N–H and O–H groups in total. The van der Waals surface area contributed by atoms with E-state index in [0.717, 1.165) is 10.6 Å². The van der Waals surface area contributed by atoms with Crippen LogP contribution in [-0.2, 0) is 27.8 Å². The third kappa shape index (κ3) is 4.56. The van der Waals surface area contributed by atoms with E-state index in [2.05, 4.69) is 41.2 Å². The molecule has 138 valence electrons. The van der Waals surface area contributed by atoms with Crippen molar-refractivity contribution in [3.05, 3.63) is 52.7 Å². The predicted octanol–water partition coefficient (Wildman–Crippen LogP) is 3.99. The number of aromatic nitrogens is 3. The van der Waals surface area contributed by atoms with Gasteiger partial charge in [-0.05, 0) is 11.5 Å². The maximum atomic E-state index is 12.4. The molecule has 2 heterocycles. The van der Waals surface area contributed by atoms with Crippen molar-refractivity contribution in [1.29, 1.82) is 0 Å². The molecule has 0 atom stereocenters. The normalized spacial score (nSPS) is 12.0. The molecule has 0 saturated heterocycles. The smallest absolute Gasteiger partial charge is 0.231 e. The number of hydrogen-bond donors (Lipinski definition) is 0. The summed E-state index contributed by atoms with van der Waals surface area (Å²) in [6.07, 6.45) is 0.581. The zero-order valence-corrected chi connectivity index (χ0v) is 16.6. The lowest BCUT2D eigenvalue weighted by molar-refractivity contribution is 0.465. The van der Waals surface area contributed by atoms with Crippen LogP contribution in [0.15, 0.2) is 34.1 Å². The van der Waals surface area contributed by atoms with Gasteiger partial charge in [-0.1, -0.05) is 45.0 Å². The number of nitrogens with zero attached hydrogens (tertiary/aromatic N) is 3. The molecule has 2 aromatic heterocycles. The molecule has 3 rings (SSSR count). The van der Waals surface area contributed by atoms with Crippen molar-refractivity contribution in [3.8, 4) is 10.6 Å². The average Bonchev–Trinajstić information content (AvgIpc) is 3.23. The van der Waals surface area contributed by atoms with Gasteiger partial charge in [-0.25, -0.2) is 13.4 Å². The van der Waals surface area contributed by atoms with Crippen LogP contribution in [0.3, 0.4) is 0 Å². The third-order valence-corrected chi connectivity index (χ3v) is 6.26. The van der Waals surface area contributed by atoms with Crippen LogP contribution in [-0.4, -0.2) is 23.6 Å². The van der Waals surface area contributed by atoms with E-state index in [4.69, 9.17) is 4.42 Å². The first-order valence-electron chi connectivity index (χ1n) is 8.42. The van der Waals surface area contributed by atoms with E-state index in [0.29, 0.717) is 23.9 Å². The monoisotopic (exact) mass is 391 g/mol. The highest BCUT2D eigenvalue weighted by molar-refractivity contribution is 7.89. The summed E-state index contributed by atoms with van der Waals surface area (Å²) in [6, 6.07) is 8.21. The molecule has 0 radical (unpaired) electrons. The van der Waals surface area contributed by atoms with Crippen molar-refractivity contribution in [2.45, 2.75) is 44.6 Å². The maximum Gasteiger partial charge on any atom is 0.231 e. The van der Waals surface area contributed by atoms with Gasteiger partial charge < -0.3 is 4.42 Å². The quantitative estimate of drug-likeness (QED) is 0.605. The van der Waals surface area contributed by atoms with E-state index < -0.39 is 9.84 Å². The molecule has 0 aliphatic rings. The minimum atomic E-state index is -3.42. The van der Waals surface area contributed by atoms with Crippen molar-refractivity contribution in [3.63, 3.8) is 0 Å². The molecule has 0 amide bonds. The largest absolute Gasteiger partial charge is 0.424 e. The van der Waals surface area contributed by atoms with Gasteiger partial charge >= 0.3 is 0 Å². The Morgan fingerprint density at radius 2 is 1.77 bits per heavy atom. The highest BCUT2D eigenvalue weighted by Crippen LogP contribution is 2.26. The van der Waals surface area contributed by atoms with Crippen molar-refractivity contribution in [1.82, 2.24) is 15.2 Å². The number of sulfone groups is 1. The lowest BCUT2D eigenvalue weighted by Gasteiger charge is -2.05. The Morgan fingerprint density at radius 1 is 1.08 bits per heavy atom. The van der Waals surface area contributed by atoms with E-state index in [1.54, 1.807) is 5.38 Å². The van der Waals surface area contributed by atoms with E-state index in [-0.39, 0.29) is 17.4 Å². The SMILES string of the molecule is CCc1nnc(CS(=O)(=O)Cc2csc(-c3ccc(C(C)C)cc3)n2)o1. The first kappa shape index (κ1) is 18.7. The van der Waals surface area contributed by atoms with Crippen molar-refractivity contribution < 1.29 is 12.8 Å². The number of rotatable bonds is 7. The number of hydrogen-bond acceptors (Lipinski definition) is 7. The van der Waals surface area contributed by atoms with Gasteiger partial charge in [-0.3, -0.25) is 0 Å². The Balaban J connectivity index is 1.70. The zero-order valence-electron chi connectivity index (χ0n) is 15.0. The summed E-state index contributed by atoms with van der Waals surface area (Å²) in [6.45, 7) is 6.17. The molecule has 3 aromatic rings. The van der Waals surface area contributed by atoms with Gasteiger partial charge in [0.1, 0.15) is 10.8 Å². The van der Waals surface area contributed by atoms with Gasteiger partial charge in [-0.15, -0.1) is 21.5 Å². The van der Waals surface area contributed by atoms with Gasteiger partial charge in [-0.2, -0.15) is 0 Å². The standard InChI is InChI=1S/C18H21N3O3S2/c1-4-16-20-21-17(24-16)11-26(22,23)10-15-9-25-18(19-15)14-7-5-13(6-8-14)12(2)3/h5-9,12H,4,10-11H2,1-3H3. The topological polar surface area (TPSA) is 86.0 Å². The Labute approximate surface area is 157 Å². The fraction of sp³-hybridized carbons (Fsp3) is 0.389. The minimum absolute atomic E-state index is 0.126. The second-order valence-corrected chi connectivity index (χ2v) is 9.32. The lowest BCUT2D eigenvalue weighted by atomic mass is 10.0. The zero-order chi connectivity index (χ0) is 18.7. The molecule has 0 aliphatic carbocycles. The van der Waals surface area contributed by atoms with Gasteiger partial charge in [0.15, 0.2) is 9.84 Å². The van der Waals surface area contributed by atoms with Crippen LogP contribution in [0, 0.1) is 0 Å². The Bertz CT molecular complexity index is 973. The summed E-state index contributed by atoms with van der Waals surface area (Å²) >= 11 is 1.44. The summed E-state index contributed by atoms with van der Waals surface area (Å²) < 4.78 is 30.0. The summed E-state index contributed by atoms with van der Waals surface area (Å²) in [5, 5.41) is 10.2. The fourth-order valence-corrected chi connectivity index (χ4v) is 4.60. The highest BCUT2D eigenvalue weighted by atomic mass is 32.2. The molecule has 1 aromatic carbocycles. The number of benzene rings is 1. The molecule has 6 nitrogen and oxygen atoms in total. The molecule has 0 unspecified atom stereocenters. The van der Waals surface area contributed by atoms with Crippen LogP contribution in [0.1, 0.15) is 49.7 Å². The first-order valence-corrected chi connectivity index (χ1v) is 11.1. The van der Waals surface area contributed by atoms with Gasteiger partial charge in [0.05, 0.1) is 11.4 Å². The summed E-state index contributed by atoms with van der Waals surface area (Å²) in [5.74, 6) is 0.629. The first-order chi connectivity index (χ1) is 12.4. The molecule has 0 spiro atoms. The van der Waals surface area contributed by atoms with Crippen LogP contribution in [0.25, 0.3) is 10.6 Å². The van der Waals surface area contributed by atoms with Crippen LogP contribution >= 0.6 is 11.3 Å². The van der Waals surface area contributed by atoms with Crippen molar-refractivity contribution >= 4 is 21.2 Å². The molecule has 0 bridgehead atoms. The maximum absolute atomic E-state index is 12.4. The Morgan fingerprint density at radius 3 is 2.38 bits per heavy atom. The predicted molar refractivity (Wildman–Crippen MR) is 102 cm³/mol. The Hall–Kier alpha value is -2.06. The fourth-order valence-electron chi connectivity index (χ4n) is 2.47. The van der Waals surface area contributed by atoms with Crippen LogP contribution in [0.5, 0.6) is 0 Å². The number of thiazole rings is 1. The van der Waals surface area contributed by atoms with Gasteiger partial charge in [0.25, 0.3) is 0 Å². The van der Waals surface area contributed by atoms with Gasteiger partial charge in [0.2, 0.25) is 11.8 Å². The molecule has 26 heavy (non-hydrogen) atoms. The summed E-state index contributed by atoms with van der Waals surface area (Å²) in [7, 11) is -3.42. The molecule has 0 saturated carbocycles. The van der Waals surface area contributed by atoms with Gasteiger partial charge in [0, 0.05) is 17.4 Å². The molecule has 0 fully saturated rings. The Kier molecular flexibility index (Phi) is 5.52. The van der Waals surface area contributed by atoms with Crippen LogP contribution in [0.4, 0.5) is 0 Å². The van der Waals surface area contributed by atoms with E-state index in [9.17, 15) is 8.42 Å².